The zero-order valence-corrected chi connectivity index (χ0v) is 8.67. The minimum atomic E-state index is -0.294. The predicted octanol–water partition coefficient (Wildman–Crippen LogP) is -0.357. The van der Waals surface area contributed by atoms with Crippen molar-refractivity contribution in [3.05, 3.63) is 0 Å². The summed E-state index contributed by atoms with van der Waals surface area (Å²) in [5.74, 6) is -0.733. The lowest BCUT2D eigenvalue weighted by molar-refractivity contribution is -0.156. The average Bonchev–Trinajstić information content (AvgIpc) is 1.97. The largest absolute Gasteiger partial charge is 0.335 e. The second-order valence-electron chi connectivity index (χ2n) is 4.78. The quantitative estimate of drug-likeness (QED) is 0.614. The van der Waals surface area contributed by atoms with Gasteiger partial charge in [-0.15, -0.1) is 0 Å². The third-order valence-electron chi connectivity index (χ3n) is 3.07. The lowest BCUT2D eigenvalue weighted by Crippen LogP contribution is -2.72. The van der Waals surface area contributed by atoms with Crippen molar-refractivity contribution in [1.29, 1.82) is 0 Å². The molecule has 1 spiro atoms. The molecule has 0 aromatic rings. The maximum Gasteiger partial charge on any atom is 0.290 e. The molecule has 0 bridgehead atoms. The third kappa shape index (κ3) is 1.34. The zero-order valence-electron chi connectivity index (χ0n) is 8.67. The van der Waals surface area contributed by atoms with Crippen LogP contribution in [0.4, 0.5) is 0 Å². The fraction of sp³-hybridized carbons (Fsp3) is 0.800. The van der Waals surface area contributed by atoms with E-state index in [2.05, 4.69) is 5.32 Å². The molecule has 78 valence electrons. The number of Topliss-reactive ketones (excluding diaryl/α,β-unsaturated/α-hetero) is 1. The summed E-state index contributed by atoms with van der Waals surface area (Å²) in [6.45, 7) is 7.04. The molecule has 2 aliphatic rings. The summed E-state index contributed by atoms with van der Waals surface area (Å²) < 4.78 is 0. The lowest BCUT2D eigenvalue weighted by atomic mass is 9.74. The Morgan fingerprint density at radius 2 is 1.86 bits per heavy atom. The van der Waals surface area contributed by atoms with Crippen molar-refractivity contribution in [2.45, 2.75) is 13.8 Å². The second kappa shape index (κ2) is 3.05. The molecule has 1 amide bonds. The van der Waals surface area contributed by atoms with Crippen LogP contribution in [-0.2, 0) is 9.59 Å². The topological polar surface area (TPSA) is 49.4 Å². The van der Waals surface area contributed by atoms with Gasteiger partial charge in [0.1, 0.15) is 0 Å². The van der Waals surface area contributed by atoms with Crippen molar-refractivity contribution in [2.24, 2.45) is 11.3 Å². The summed E-state index contributed by atoms with van der Waals surface area (Å²) in [6, 6.07) is 0. The molecule has 0 aromatic heterocycles. The number of hydrogen-bond acceptors (Lipinski definition) is 3. The highest BCUT2D eigenvalue weighted by atomic mass is 16.2. The Balaban J connectivity index is 1.87. The van der Waals surface area contributed by atoms with Gasteiger partial charge in [-0.1, -0.05) is 13.8 Å². The van der Waals surface area contributed by atoms with Gasteiger partial charge >= 0.3 is 0 Å². The molecule has 0 unspecified atom stereocenters. The molecule has 0 aromatic carbocycles. The van der Waals surface area contributed by atoms with Gasteiger partial charge in [-0.3, -0.25) is 9.59 Å². The molecule has 2 saturated heterocycles. The smallest absolute Gasteiger partial charge is 0.290 e. The van der Waals surface area contributed by atoms with Gasteiger partial charge in [0.25, 0.3) is 5.91 Å². The van der Waals surface area contributed by atoms with Crippen LogP contribution in [0.25, 0.3) is 0 Å². The first-order chi connectivity index (χ1) is 6.54. The van der Waals surface area contributed by atoms with Crippen molar-refractivity contribution < 1.29 is 9.59 Å². The number of nitrogens with one attached hydrogen (secondary N) is 1. The van der Waals surface area contributed by atoms with Crippen LogP contribution in [0.15, 0.2) is 0 Å². The van der Waals surface area contributed by atoms with Crippen molar-refractivity contribution in [2.75, 3.05) is 26.2 Å². The van der Waals surface area contributed by atoms with E-state index in [0.29, 0.717) is 5.41 Å². The number of nitrogens with zero attached hydrogens (tertiary/aromatic N) is 1. The summed E-state index contributed by atoms with van der Waals surface area (Å²) in [4.78, 5) is 24.6. The van der Waals surface area contributed by atoms with E-state index < -0.39 is 0 Å². The SMILES string of the molecule is CC(C)C(=O)C(=O)N1CC2(CNC2)C1. The maximum absolute atomic E-state index is 11.6. The summed E-state index contributed by atoms with van der Waals surface area (Å²) in [7, 11) is 0. The van der Waals surface area contributed by atoms with E-state index in [9.17, 15) is 9.59 Å². The number of amides is 1. The first kappa shape index (κ1) is 9.65. The minimum absolute atomic E-state index is 0.182. The molecule has 1 N–H and O–H groups in total. The first-order valence-electron chi connectivity index (χ1n) is 5.08. The Bertz CT molecular complexity index is 274. The van der Waals surface area contributed by atoms with Crippen LogP contribution in [0.1, 0.15) is 13.8 Å². The Hall–Kier alpha value is -0.900. The van der Waals surface area contributed by atoms with E-state index in [1.54, 1.807) is 18.7 Å². The molecule has 2 aliphatic heterocycles. The van der Waals surface area contributed by atoms with Crippen LogP contribution in [0, 0.1) is 11.3 Å². The van der Waals surface area contributed by atoms with Crippen LogP contribution in [-0.4, -0.2) is 42.8 Å². The second-order valence-corrected chi connectivity index (χ2v) is 4.78. The predicted molar refractivity (Wildman–Crippen MR) is 51.7 cm³/mol. The van der Waals surface area contributed by atoms with E-state index in [1.165, 1.54) is 0 Å². The summed E-state index contributed by atoms with van der Waals surface area (Å²) in [5, 5.41) is 3.19. The van der Waals surface area contributed by atoms with Gasteiger partial charge in [-0.25, -0.2) is 0 Å². The Morgan fingerprint density at radius 3 is 2.21 bits per heavy atom. The normalized spacial score (nSPS) is 23.2. The molecule has 0 radical (unpaired) electrons. The van der Waals surface area contributed by atoms with Crippen molar-refractivity contribution in [3.8, 4) is 0 Å². The summed E-state index contributed by atoms with van der Waals surface area (Å²) in [5.41, 5.74) is 0.312. The number of carbonyl (C=O) groups is 2. The molecule has 2 rings (SSSR count). The van der Waals surface area contributed by atoms with E-state index in [1.807, 2.05) is 0 Å². The molecule has 0 saturated carbocycles. The fourth-order valence-electron chi connectivity index (χ4n) is 2.01. The molecule has 2 heterocycles. The van der Waals surface area contributed by atoms with Gasteiger partial charge in [0.15, 0.2) is 0 Å². The summed E-state index contributed by atoms with van der Waals surface area (Å²) >= 11 is 0. The number of likely N-dealkylation sites (tertiary alicyclic amines) is 1. The number of hydrogen-bond donors (Lipinski definition) is 1. The Kier molecular flexibility index (Phi) is 2.10. The third-order valence-corrected chi connectivity index (χ3v) is 3.07. The van der Waals surface area contributed by atoms with Gasteiger partial charge in [-0.05, 0) is 0 Å². The molecule has 2 fully saturated rings. The van der Waals surface area contributed by atoms with Crippen LogP contribution in [0.3, 0.4) is 0 Å². The fourth-order valence-corrected chi connectivity index (χ4v) is 2.01. The minimum Gasteiger partial charge on any atom is -0.335 e. The van der Waals surface area contributed by atoms with E-state index in [-0.39, 0.29) is 17.6 Å². The van der Waals surface area contributed by atoms with E-state index >= 15 is 0 Å². The van der Waals surface area contributed by atoms with Gasteiger partial charge in [0.2, 0.25) is 5.78 Å². The number of ketones is 1. The van der Waals surface area contributed by atoms with Crippen LogP contribution < -0.4 is 5.32 Å². The highest BCUT2D eigenvalue weighted by Crippen LogP contribution is 2.34. The van der Waals surface area contributed by atoms with E-state index in [0.717, 1.165) is 26.2 Å². The first-order valence-corrected chi connectivity index (χ1v) is 5.08. The van der Waals surface area contributed by atoms with Gasteiger partial charge in [-0.2, -0.15) is 0 Å². The molecular weight excluding hydrogens is 180 g/mol. The summed E-state index contributed by atoms with van der Waals surface area (Å²) in [6.07, 6.45) is 0. The monoisotopic (exact) mass is 196 g/mol. The van der Waals surface area contributed by atoms with Crippen molar-refractivity contribution >= 4 is 11.7 Å². The van der Waals surface area contributed by atoms with Crippen molar-refractivity contribution in [3.63, 3.8) is 0 Å². The molecule has 0 aliphatic carbocycles. The molecule has 0 atom stereocenters. The van der Waals surface area contributed by atoms with Crippen LogP contribution in [0.2, 0.25) is 0 Å². The number of carbonyl (C=O) groups excluding carboxylic acids is 2. The van der Waals surface area contributed by atoms with Crippen LogP contribution >= 0.6 is 0 Å². The maximum atomic E-state index is 11.6. The molecular formula is C10H16N2O2. The van der Waals surface area contributed by atoms with E-state index in [4.69, 9.17) is 0 Å². The Morgan fingerprint density at radius 1 is 1.29 bits per heavy atom. The Labute approximate surface area is 83.6 Å². The highest BCUT2D eigenvalue weighted by molar-refractivity contribution is 6.36. The van der Waals surface area contributed by atoms with Gasteiger partial charge in [0.05, 0.1) is 0 Å². The van der Waals surface area contributed by atoms with Crippen LogP contribution in [0.5, 0.6) is 0 Å². The lowest BCUT2D eigenvalue weighted by Gasteiger charge is -2.55. The molecule has 4 nitrogen and oxygen atoms in total. The van der Waals surface area contributed by atoms with Gasteiger partial charge < -0.3 is 10.2 Å². The standard InChI is InChI=1S/C10H16N2O2/c1-7(2)8(13)9(14)12-5-10(6-12)3-11-4-10/h7,11H,3-6H2,1-2H3. The zero-order chi connectivity index (χ0) is 10.3. The molecule has 4 heteroatoms. The number of rotatable bonds is 2. The molecule has 14 heavy (non-hydrogen) atoms. The van der Waals surface area contributed by atoms with Crippen molar-refractivity contribution in [1.82, 2.24) is 10.2 Å². The van der Waals surface area contributed by atoms with Gasteiger partial charge in [0, 0.05) is 37.5 Å². The highest BCUT2D eigenvalue weighted by Gasteiger charge is 2.50. The average molecular weight is 196 g/mol.